The Morgan fingerprint density at radius 3 is 2.62 bits per heavy atom. The van der Waals surface area contributed by atoms with E-state index in [1.54, 1.807) is 22.8 Å². The quantitative estimate of drug-likeness (QED) is 0.803. The van der Waals surface area contributed by atoms with E-state index in [0.29, 0.717) is 12.1 Å². The molecule has 106 valence electrons. The van der Waals surface area contributed by atoms with Gasteiger partial charge in [0.15, 0.2) is 0 Å². The molecule has 1 aromatic heterocycles. The topological polar surface area (TPSA) is 48.0 Å². The summed E-state index contributed by atoms with van der Waals surface area (Å²) in [4.78, 5) is 12.1. The van der Waals surface area contributed by atoms with E-state index in [4.69, 9.17) is 5.73 Å². The Labute approximate surface area is 121 Å². The van der Waals surface area contributed by atoms with Crippen LogP contribution in [0.3, 0.4) is 0 Å². The predicted molar refractivity (Wildman–Crippen MR) is 81.6 cm³/mol. The molecule has 0 saturated carbocycles. The van der Waals surface area contributed by atoms with Gasteiger partial charge in [0.25, 0.3) is 5.56 Å². The van der Waals surface area contributed by atoms with Crippen LogP contribution in [0.1, 0.15) is 11.1 Å². The molecule has 0 saturated heterocycles. The number of para-hydroxylation sites is 1. The van der Waals surface area contributed by atoms with Crippen molar-refractivity contribution in [2.24, 2.45) is 5.73 Å². The van der Waals surface area contributed by atoms with Gasteiger partial charge in [0.2, 0.25) is 0 Å². The van der Waals surface area contributed by atoms with E-state index in [2.05, 4.69) is 0 Å². The predicted octanol–water partition coefficient (Wildman–Crippen LogP) is 2.65. The maximum atomic E-state index is 14.1. The van der Waals surface area contributed by atoms with Gasteiger partial charge in [0.1, 0.15) is 5.82 Å². The Kier molecular flexibility index (Phi) is 3.54. The van der Waals surface area contributed by atoms with Gasteiger partial charge in [-0.15, -0.1) is 0 Å². The molecular formula is C17H15FN2O. The van der Waals surface area contributed by atoms with Gasteiger partial charge in [-0.3, -0.25) is 4.79 Å². The standard InChI is InChI=1S/C17H15FN2O/c18-15-9-12(10-19)5-6-14(15)11-20-16-4-2-1-3-13(16)7-8-17(20)21/h1-9H,10-11,19H2. The van der Waals surface area contributed by atoms with Crippen molar-refractivity contribution in [1.29, 1.82) is 0 Å². The van der Waals surface area contributed by atoms with E-state index in [0.717, 1.165) is 16.5 Å². The van der Waals surface area contributed by atoms with Crippen molar-refractivity contribution in [2.45, 2.75) is 13.1 Å². The molecule has 3 aromatic rings. The molecule has 2 N–H and O–H groups in total. The number of nitrogens with zero attached hydrogens (tertiary/aromatic N) is 1. The molecule has 0 radical (unpaired) electrons. The first-order chi connectivity index (χ1) is 10.2. The molecule has 0 atom stereocenters. The minimum Gasteiger partial charge on any atom is -0.326 e. The zero-order chi connectivity index (χ0) is 14.8. The fraction of sp³-hybridized carbons (Fsp3) is 0.118. The van der Waals surface area contributed by atoms with Gasteiger partial charge < -0.3 is 10.3 Å². The third-order valence-electron chi connectivity index (χ3n) is 3.58. The van der Waals surface area contributed by atoms with Crippen LogP contribution in [0.25, 0.3) is 10.9 Å². The van der Waals surface area contributed by atoms with Crippen LogP contribution >= 0.6 is 0 Å². The van der Waals surface area contributed by atoms with E-state index >= 15 is 0 Å². The van der Waals surface area contributed by atoms with Gasteiger partial charge >= 0.3 is 0 Å². The third kappa shape index (κ3) is 2.58. The fourth-order valence-corrected chi connectivity index (χ4v) is 2.42. The van der Waals surface area contributed by atoms with Crippen LogP contribution in [0.2, 0.25) is 0 Å². The van der Waals surface area contributed by atoms with Crippen molar-refractivity contribution in [3.05, 3.63) is 81.9 Å². The maximum Gasteiger partial charge on any atom is 0.251 e. The highest BCUT2D eigenvalue weighted by molar-refractivity contribution is 5.78. The monoisotopic (exact) mass is 282 g/mol. The highest BCUT2D eigenvalue weighted by Crippen LogP contribution is 2.15. The molecule has 21 heavy (non-hydrogen) atoms. The first-order valence-electron chi connectivity index (χ1n) is 6.75. The van der Waals surface area contributed by atoms with E-state index in [1.165, 1.54) is 12.1 Å². The normalized spacial score (nSPS) is 11.0. The zero-order valence-electron chi connectivity index (χ0n) is 11.4. The van der Waals surface area contributed by atoms with Crippen molar-refractivity contribution < 1.29 is 4.39 Å². The van der Waals surface area contributed by atoms with Gasteiger partial charge in [-0.2, -0.15) is 0 Å². The van der Waals surface area contributed by atoms with E-state index < -0.39 is 0 Å². The van der Waals surface area contributed by atoms with Crippen LogP contribution in [0.5, 0.6) is 0 Å². The number of benzene rings is 2. The summed E-state index contributed by atoms with van der Waals surface area (Å²) in [7, 11) is 0. The average molecular weight is 282 g/mol. The molecule has 1 heterocycles. The lowest BCUT2D eigenvalue weighted by atomic mass is 10.1. The summed E-state index contributed by atoms with van der Waals surface area (Å²) in [6.07, 6.45) is 0. The minimum absolute atomic E-state index is 0.143. The molecule has 0 bridgehead atoms. The van der Waals surface area contributed by atoms with Gasteiger partial charge in [0.05, 0.1) is 12.1 Å². The van der Waals surface area contributed by atoms with Gasteiger partial charge in [-0.05, 0) is 29.1 Å². The lowest BCUT2D eigenvalue weighted by molar-refractivity contribution is 0.597. The Morgan fingerprint density at radius 1 is 1.05 bits per heavy atom. The Bertz CT molecular complexity index is 855. The second kappa shape index (κ2) is 5.50. The summed E-state index contributed by atoms with van der Waals surface area (Å²) in [5.74, 6) is -0.335. The Morgan fingerprint density at radius 2 is 1.86 bits per heavy atom. The molecule has 3 rings (SSSR count). The van der Waals surface area contributed by atoms with Crippen molar-refractivity contribution in [3.8, 4) is 0 Å². The van der Waals surface area contributed by atoms with Gasteiger partial charge in [-0.25, -0.2) is 4.39 Å². The molecule has 0 aliphatic heterocycles. The van der Waals surface area contributed by atoms with Gasteiger partial charge in [-0.1, -0.05) is 30.3 Å². The SMILES string of the molecule is NCc1ccc(Cn2c(=O)ccc3ccccc32)c(F)c1. The number of halogens is 1. The van der Waals surface area contributed by atoms with Crippen LogP contribution < -0.4 is 11.3 Å². The Hall–Kier alpha value is -2.46. The minimum atomic E-state index is -0.335. The second-order valence-electron chi connectivity index (χ2n) is 4.95. The van der Waals surface area contributed by atoms with E-state index in [1.807, 2.05) is 24.3 Å². The zero-order valence-corrected chi connectivity index (χ0v) is 11.4. The Balaban J connectivity index is 2.10. The largest absolute Gasteiger partial charge is 0.326 e. The number of pyridine rings is 1. The van der Waals surface area contributed by atoms with Crippen LogP contribution in [0.4, 0.5) is 4.39 Å². The van der Waals surface area contributed by atoms with Crippen molar-refractivity contribution >= 4 is 10.9 Å². The molecule has 3 nitrogen and oxygen atoms in total. The summed E-state index contributed by atoms with van der Waals surface area (Å²) in [5.41, 5.74) is 7.37. The number of nitrogens with two attached hydrogens (primary N) is 1. The van der Waals surface area contributed by atoms with Crippen LogP contribution in [-0.4, -0.2) is 4.57 Å². The molecule has 2 aromatic carbocycles. The van der Waals surface area contributed by atoms with E-state index in [9.17, 15) is 9.18 Å². The average Bonchev–Trinajstić information content (AvgIpc) is 2.51. The summed E-state index contributed by atoms with van der Waals surface area (Å²) >= 11 is 0. The van der Waals surface area contributed by atoms with Crippen molar-refractivity contribution in [3.63, 3.8) is 0 Å². The molecule has 0 aliphatic rings. The molecule has 0 unspecified atom stereocenters. The number of aromatic nitrogens is 1. The highest BCUT2D eigenvalue weighted by Gasteiger charge is 2.08. The van der Waals surface area contributed by atoms with Gasteiger partial charge in [0, 0.05) is 18.2 Å². The molecule has 0 spiro atoms. The molecular weight excluding hydrogens is 267 g/mol. The first kappa shape index (κ1) is 13.5. The number of fused-ring (bicyclic) bond motifs is 1. The van der Waals surface area contributed by atoms with Crippen LogP contribution in [0, 0.1) is 5.82 Å². The summed E-state index contributed by atoms with van der Waals surface area (Å²) in [6.45, 7) is 0.502. The number of hydrogen-bond acceptors (Lipinski definition) is 2. The summed E-state index contributed by atoms with van der Waals surface area (Å²) < 4.78 is 15.7. The highest BCUT2D eigenvalue weighted by atomic mass is 19.1. The summed E-state index contributed by atoms with van der Waals surface area (Å²) in [6, 6.07) is 15.8. The fourth-order valence-electron chi connectivity index (χ4n) is 2.42. The van der Waals surface area contributed by atoms with Crippen molar-refractivity contribution in [2.75, 3.05) is 0 Å². The van der Waals surface area contributed by atoms with E-state index in [-0.39, 0.29) is 17.9 Å². The first-order valence-corrected chi connectivity index (χ1v) is 6.75. The lowest BCUT2D eigenvalue weighted by Crippen LogP contribution is -2.20. The summed E-state index contributed by atoms with van der Waals surface area (Å²) in [5, 5.41) is 0.955. The van der Waals surface area contributed by atoms with Crippen LogP contribution in [0.15, 0.2) is 59.4 Å². The molecule has 0 aliphatic carbocycles. The third-order valence-corrected chi connectivity index (χ3v) is 3.58. The molecule has 4 heteroatoms. The second-order valence-corrected chi connectivity index (χ2v) is 4.95. The maximum absolute atomic E-state index is 14.1. The lowest BCUT2D eigenvalue weighted by Gasteiger charge is -2.11. The number of rotatable bonds is 3. The molecule has 0 amide bonds. The van der Waals surface area contributed by atoms with Crippen molar-refractivity contribution in [1.82, 2.24) is 4.57 Å². The molecule has 0 fully saturated rings. The van der Waals surface area contributed by atoms with Crippen LogP contribution in [-0.2, 0) is 13.1 Å². The number of hydrogen-bond donors (Lipinski definition) is 1. The smallest absolute Gasteiger partial charge is 0.251 e.